The molecule has 2 heterocycles. The molecule has 0 radical (unpaired) electrons. The highest BCUT2D eigenvalue weighted by atomic mass is 35.5. The quantitative estimate of drug-likeness (QED) is 0.223. The van der Waals surface area contributed by atoms with Crippen LogP contribution >= 0.6 is 34.5 Å². The summed E-state index contributed by atoms with van der Waals surface area (Å²) in [5.74, 6) is -1.69. The maximum Gasteiger partial charge on any atom is 0.312 e. The lowest BCUT2D eigenvalue weighted by atomic mass is 10.0. The monoisotopic (exact) mass is 516 g/mol. The van der Waals surface area contributed by atoms with Crippen LogP contribution < -0.4 is 4.90 Å². The Morgan fingerprint density at radius 2 is 1.88 bits per heavy atom. The number of ketones is 1. The van der Waals surface area contributed by atoms with E-state index in [1.165, 1.54) is 16.2 Å². The summed E-state index contributed by atoms with van der Waals surface area (Å²) in [5.41, 5.74) is 3.26. The summed E-state index contributed by atoms with van der Waals surface area (Å²) in [6.07, 6.45) is -0.852. The van der Waals surface area contributed by atoms with Gasteiger partial charge >= 0.3 is 5.97 Å². The highest BCUT2D eigenvalue weighted by Gasteiger charge is 2.39. The first kappa shape index (κ1) is 24.4. The molecule has 6 nitrogen and oxygen atoms in total. The van der Waals surface area contributed by atoms with Crippen LogP contribution in [0.2, 0.25) is 5.02 Å². The molecule has 0 unspecified atom stereocenters. The zero-order chi connectivity index (χ0) is 24.2. The van der Waals surface area contributed by atoms with Crippen LogP contribution in [-0.2, 0) is 14.3 Å². The van der Waals surface area contributed by atoms with Gasteiger partial charge in [-0.15, -0.1) is 22.9 Å². The number of alkyl halides is 1. The number of halogens is 2. The summed E-state index contributed by atoms with van der Waals surface area (Å²) in [4.78, 5) is 44.5. The van der Waals surface area contributed by atoms with Crippen molar-refractivity contribution in [1.82, 2.24) is 4.98 Å². The van der Waals surface area contributed by atoms with Crippen molar-refractivity contribution >= 4 is 57.3 Å². The minimum atomic E-state index is -1.02. The maximum absolute atomic E-state index is 12.9. The van der Waals surface area contributed by atoms with Gasteiger partial charge in [-0.1, -0.05) is 41.4 Å². The Hall–Kier alpha value is -2.74. The third-order valence-electron chi connectivity index (χ3n) is 5.58. The number of rotatable bonds is 8. The number of carbonyl (C=O) groups is 3. The Bertz CT molecular complexity index is 1190. The summed E-state index contributed by atoms with van der Waals surface area (Å²) >= 11 is 13.1. The molecule has 0 spiro atoms. The number of benzene rings is 2. The third kappa shape index (κ3) is 5.49. The van der Waals surface area contributed by atoms with Gasteiger partial charge in [0.2, 0.25) is 11.7 Å². The van der Waals surface area contributed by atoms with E-state index in [-0.39, 0.29) is 37.0 Å². The number of ether oxygens (including phenoxy) is 1. The predicted octanol–water partition coefficient (Wildman–Crippen LogP) is 5.55. The van der Waals surface area contributed by atoms with Gasteiger partial charge in [-0.25, -0.2) is 4.98 Å². The molecule has 1 amide bonds. The summed E-state index contributed by atoms with van der Waals surface area (Å²) in [5, 5.41) is 2.92. The Morgan fingerprint density at radius 1 is 1.18 bits per heavy atom. The van der Waals surface area contributed by atoms with Crippen molar-refractivity contribution in [3.8, 4) is 11.3 Å². The van der Waals surface area contributed by atoms with Crippen molar-refractivity contribution < 1.29 is 19.1 Å². The van der Waals surface area contributed by atoms with Crippen LogP contribution in [0.4, 0.5) is 5.13 Å². The Labute approximate surface area is 211 Å². The molecular formula is C25H22Cl2N2O4S. The van der Waals surface area contributed by atoms with E-state index in [9.17, 15) is 14.4 Å². The molecule has 1 saturated heterocycles. The van der Waals surface area contributed by atoms with Crippen LogP contribution in [0.5, 0.6) is 0 Å². The Kier molecular flexibility index (Phi) is 7.66. The van der Waals surface area contributed by atoms with Gasteiger partial charge in [0.25, 0.3) is 0 Å². The van der Waals surface area contributed by atoms with Crippen molar-refractivity contribution in [2.24, 2.45) is 5.92 Å². The van der Waals surface area contributed by atoms with Crippen LogP contribution in [0.15, 0.2) is 53.9 Å². The molecule has 0 saturated carbocycles. The normalized spacial score (nSPS) is 16.5. The first-order valence-electron chi connectivity index (χ1n) is 10.7. The van der Waals surface area contributed by atoms with Crippen molar-refractivity contribution in [3.05, 3.63) is 70.1 Å². The molecule has 34 heavy (non-hydrogen) atoms. The second-order valence-electron chi connectivity index (χ2n) is 8.06. The highest BCUT2D eigenvalue weighted by Crippen LogP contribution is 2.32. The molecule has 0 aliphatic carbocycles. The van der Waals surface area contributed by atoms with Crippen LogP contribution in [0.3, 0.4) is 0 Å². The number of thiazole rings is 1. The van der Waals surface area contributed by atoms with Crippen LogP contribution in [-0.4, -0.2) is 41.2 Å². The average molecular weight is 517 g/mol. The van der Waals surface area contributed by atoms with Crippen molar-refractivity contribution in [2.45, 2.75) is 25.9 Å². The zero-order valence-electron chi connectivity index (χ0n) is 18.4. The largest absolute Gasteiger partial charge is 0.454 e. The van der Waals surface area contributed by atoms with Crippen LogP contribution in [0, 0.1) is 12.8 Å². The minimum absolute atomic E-state index is 0.00100. The number of aryl methyl sites for hydroxylation is 1. The lowest BCUT2D eigenvalue weighted by molar-refractivity contribution is -0.151. The molecular weight excluding hydrogens is 495 g/mol. The summed E-state index contributed by atoms with van der Waals surface area (Å²) in [7, 11) is 0. The number of amides is 1. The fourth-order valence-corrected chi connectivity index (χ4v) is 4.86. The SMILES string of the molecule is Cc1ccc(-c2csc(N3C[C@H](C(=O)O[C@@H](CCCl)C(=O)c4ccc(Cl)cc4)CC3=O)n2)cc1. The van der Waals surface area contributed by atoms with Gasteiger partial charge in [-0.2, -0.15) is 0 Å². The molecule has 1 aliphatic rings. The van der Waals surface area contributed by atoms with E-state index in [0.717, 1.165) is 16.8 Å². The number of esters is 1. The number of hydrogen-bond acceptors (Lipinski definition) is 6. The van der Waals surface area contributed by atoms with Gasteiger partial charge in [-0.05, 0) is 31.2 Å². The van der Waals surface area contributed by atoms with E-state index < -0.39 is 18.0 Å². The van der Waals surface area contributed by atoms with Crippen molar-refractivity contribution in [1.29, 1.82) is 0 Å². The smallest absolute Gasteiger partial charge is 0.312 e. The van der Waals surface area contributed by atoms with Gasteiger partial charge < -0.3 is 4.74 Å². The molecule has 1 aliphatic heterocycles. The lowest BCUT2D eigenvalue weighted by Gasteiger charge is -2.18. The number of carbonyl (C=O) groups excluding carboxylic acids is 3. The number of aromatic nitrogens is 1. The number of hydrogen-bond donors (Lipinski definition) is 0. The molecule has 0 N–H and O–H groups in total. The fraction of sp³-hybridized carbons (Fsp3) is 0.280. The van der Waals surface area contributed by atoms with Gasteiger partial charge in [-0.3, -0.25) is 19.3 Å². The summed E-state index contributed by atoms with van der Waals surface area (Å²) in [6, 6.07) is 14.3. The van der Waals surface area contributed by atoms with Gasteiger partial charge in [0.15, 0.2) is 11.2 Å². The lowest BCUT2D eigenvalue weighted by Crippen LogP contribution is -2.32. The van der Waals surface area contributed by atoms with Gasteiger partial charge in [0.05, 0.1) is 11.6 Å². The van der Waals surface area contributed by atoms with E-state index >= 15 is 0 Å². The van der Waals surface area contributed by atoms with Crippen LogP contribution in [0.1, 0.15) is 28.8 Å². The standard InChI is InChI=1S/C25H22Cl2N2O4S/c1-15-2-4-16(5-3-15)20-14-34-25(28-20)29-13-18(12-22(29)30)24(32)33-21(10-11-26)23(31)17-6-8-19(27)9-7-17/h2-9,14,18,21H,10-13H2,1H3/t18-,21+/m1/s1. The number of Topliss-reactive ketones (excluding diaryl/α,β-unsaturated/α-hetero) is 1. The number of anilines is 1. The fourth-order valence-electron chi connectivity index (χ4n) is 3.67. The first-order chi connectivity index (χ1) is 16.4. The topological polar surface area (TPSA) is 76.6 Å². The van der Waals surface area contributed by atoms with Gasteiger partial charge in [0.1, 0.15) is 0 Å². The van der Waals surface area contributed by atoms with E-state index in [1.54, 1.807) is 24.3 Å². The van der Waals surface area contributed by atoms with E-state index in [2.05, 4.69) is 4.98 Å². The minimum Gasteiger partial charge on any atom is -0.454 e. The molecule has 1 aromatic heterocycles. The van der Waals surface area contributed by atoms with E-state index in [0.29, 0.717) is 15.7 Å². The molecule has 2 aromatic carbocycles. The molecule has 1 fully saturated rings. The molecule has 9 heteroatoms. The first-order valence-corrected chi connectivity index (χ1v) is 12.5. The van der Waals surface area contributed by atoms with E-state index in [4.69, 9.17) is 27.9 Å². The highest BCUT2D eigenvalue weighted by molar-refractivity contribution is 7.14. The molecule has 4 rings (SSSR count). The number of nitrogens with zero attached hydrogens (tertiary/aromatic N) is 2. The molecule has 3 aromatic rings. The Morgan fingerprint density at radius 3 is 2.56 bits per heavy atom. The summed E-state index contributed by atoms with van der Waals surface area (Å²) in [6.45, 7) is 2.17. The van der Waals surface area contributed by atoms with E-state index in [1.807, 2.05) is 36.6 Å². The predicted molar refractivity (Wildman–Crippen MR) is 134 cm³/mol. The van der Waals surface area contributed by atoms with Crippen LogP contribution in [0.25, 0.3) is 11.3 Å². The summed E-state index contributed by atoms with van der Waals surface area (Å²) < 4.78 is 5.54. The average Bonchev–Trinajstić information content (AvgIpc) is 3.46. The Balaban J connectivity index is 1.43. The molecule has 0 bridgehead atoms. The second kappa shape index (κ2) is 10.7. The molecule has 176 valence electrons. The second-order valence-corrected chi connectivity index (χ2v) is 9.71. The maximum atomic E-state index is 12.9. The van der Waals surface area contributed by atoms with Gasteiger partial charge in [0, 0.05) is 46.8 Å². The zero-order valence-corrected chi connectivity index (χ0v) is 20.7. The van der Waals surface area contributed by atoms with Crippen molar-refractivity contribution in [2.75, 3.05) is 17.3 Å². The third-order valence-corrected chi connectivity index (χ3v) is 6.91. The molecule has 2 atom stereocenters. The van der Waals surface area contributed by atoms with Crippen molar-refractivity contribution in [3.63, 3.8) is 0 Å².